The summed E-state index contributed by atoms with van der Waals surface area (Å²) in [5.74, 6) is 0.926. The first-order chi connectivity index (χ1) is 14.2. The molecule has 2 saturated heterocycles. The van der Waals surface area contributed by atoms with Gasteiger partial charge in [-0.05, 0) is 97.1 Å². The average molecular weight is 413 g/mol. The number of hydrogen-bond donors (Lipinski definition) is 0. The number of nitrogens with zero attached hydrogens (tertiary/aromatic N) is 2. The van der Waals surface area contributed by atoms with Crippen molar-refractivity contribution in [3.63, 3.8) is 0 Å². The fourth-order valence-corrected chi connectivity index (χ4v) is 4.15. The highest BCUT2D eigenvalue weighted by Crippen LogP contribution is 2.28. The van der Waals surface area contributed by atoms with E-state index in [0.717, 1.165) is 12.5 Å². The maximum Gasteiger partial charge on any atom is 0.0571 e. The largest absolute Gasteiger partial charge is 0.384 e. The monoisotopic (exact) mass is 412 g/mol. The SMILES string of the molecule is CCN1CCCCC1.CN1CCCCC1.COC1CCCCC1.COCC1CC1. The van der Waals surface area contributed by atoms with Gasteiger partial charge in [-0.3, -0.25) is 0 Å². The van der Waals surface area contributed by atoms with Crippen molar-refractivity contribution in [2.24, 2.45) is 5.92 Å². The van der Waals surface area contributed by atoms with Crippen molar-refractivity contribution in [1.29, 1.82) is 0 Å². The van der Waals surface area contributed by atoms with E-state index in [-0.39, 0.29) is 0 Å². The molecule has 29 heavy (non-hydrogen) atoms. The fraction of sp³-hybridized carbons (Fsp3) is 1.00. The Bertz CT molecular complexity index is 314. The summed E-state index contributed by atoms with van der Waals surface area (Å²) in [5, 5.41) is 0. The lowest BCUT2D eigenvalue weighted by Crippen LogP contribution is -2.29. The molecule has 0 unspecified atom stereocenters. The smallest absolute Gasteiger partial charge is 0.0571 e. The summed E-state index contributed by atoms with van der Waals surface area (Å²) in [6, 6.07) is 0. The van der Waals surface area contributed by atoms with Crippen LogP contribution < -0.4 is 0 Å². The molecule has 0 N–H and O–H groups in total. The summed E-state index contributed by atoms with van der Waals surface area (Å²) in [7, 11) is 5.77. The van der Waals surface area contributed by atoms with Crippen LogP contribution in [0.15, 0.2) is 0 Å². The van der Waals surface area contributed by atoms with Gasteiger partial charge in [0.1, 0.15) is 0 Å². The minimum absolute atomic E-state index is 0.587. The van der Waals surface area contributed by atoms with Crippen LogP contribution in [0.4, 0.5) is 0 Å². The molecule has 0 atom stereocenters. The van der Waals surface area contributed by atoms with Crippen LogP contribution in [0.3, 0.4) is 0 Å². The van der Waals surface area contributed by atoms with Gasteiger partial charge in [-0.2, -0.15) is 0 Å². The van der Waals surface area contributed by atoms with E-state index in [2.05, 4.69) is 23.8 Å². The number of methoxy groups -OCH3 is 2. The van der Waals surface area contributed by atoms with Gasteiger partial charge >= 0.3 is 0 Å². The Morgan fingerprint density at radius 2 is 1.21 bits per heavy atom. The van der Waals surface area contributed by atoms with Crippen molar-refractivity contribution < 1.29 is 9.47 Å². The molecular formula is C25H52N2O2. The van der Waals surface area contributed by atoms with Crippen molar-refractivity contribution >= 4 is 0 Å². The van der Waals surface area contributed by atoms with Gasteiger partial charge in [0.25, 0.3) is 0 Å². The summed E-state index contributed by atoms with van der Waals surface area (Å²) in [6.07, 6.45) is 18.7. The van der Waals surface area contributed by atoms with Crippen molar-refractivity contribution in [2.45, 2.75) is 96.5 Å². The first kappa shape index (κ1) is 26.9. The predicted octanol–water partition coefficient (Wildman–Crippen LogP) is 5.60. The van der Waals surface area contributed by atoms with Crippen molar-refractivity contribution in [2.75, 3.05) is 60.6 Å². The lowest BCUT2D eigenvalue weighted by Gasteiger charge is -2.24. The zero-order valence-electron chi connectivity index (χ0n) is 20.3. The molecule has 0 radical (unpaired) electrons. The van der Waals surface area contributed by atoms with Crippen LogP contribution in [0.1, 0.15) is 90.4 Å². The zero-order chi connectivity index (χ0) is 21.2. The molecule has 0 amide bonds. The molecule has 4 nitrogen and oxygen atoms in total. The second-order valence-corrected chi connectivity index (χ2v) is 9.25. The second-order valence-electron chi connectivity index (χ2n) is 9.25. The average Bonchev–Trinajstić information content (AvgIpc) is 3.61. The lowest BCUT2D eigenvalue weighted by molar-refractivity contribution is 0.0710. The molecule has 2 heterocycles. The lowest BCUT2D eigenvalue weighted by atomic mass is 9.98. The van der Waals surface area contributed by atoms with E-state index in [4.69, 9.17) is 9.47 Å². The number of hydrogen-bond acceptors (Lipinski definition) is 4. The molecule has 4 fully saturated rings. The Morgan fingerprint density at radius 3 is 1.48 bits per heavy atom. The Labute approximate surface area is 182 Å². The topological polar surface area (TPSA) is 24.9 Å². The molecule has 0 aromatic rings. The zero-order valence-corrected chi connectivity index (χ0v) is 20.3. The predicted molar refractivity (Wildman–Crippen MR) is 126 cm³/mol. The fourth-order valence-electron chi connectivity index (χ4n) is 4.15. The van der Waals surface area contributed by atoms with Crippen molar-refractivity contribution in [1.82, 2.24) is 9.80 Å². The molecule has 4 heteroatoms. The molecule has 2 saturated carbocycles. The quantitative estimate of drug-likeness (QED) is 0.600. The summed E-state index contributed by atoms with van der Waals surface area (Å²) in [5.41, 5.74) is 0. The third-order valence-corrected chi connectivity index (χ3v) is 6.46. The van der Waals surface area contributed by atoms with E-state index >= 15 is 0 Å². The van der Waals surface area contributed by atoms with Crippen LogP contribution >= 0.6 is 0 Å². The van der Waals surface area contributed by atoms with E-state index in [1.54, 1.807) is 7.11 Å². The van der Waals surface area contributed by atoms with Gasteiger partial charge in [0, 0.05) is 20.8 Å². The van der Waals surface area contributed by atoms with Crippen LogP contribution in [0.25, 0.3) is 0 Å². The third-order valence-electron chi connectivity index (χ3n) is 6.46. The van der Waals surface area contributed by atoms with Gasteiger partial charge in [0.2, 0.25) is 0 Å². The first-order valence-electron chi connectivity index (χ1n) is 12.6. The number of likely N-dealkylation sites (tertiary alicyclic amines) is 2. The highest BCUT2D eigenvalue weighted by Gasteiger charge is 2.20. The van der Waals surface area contributed by atoms with Gasteiger partial charge in [-0.1, -0.05) is 39.0 Å². The third kappa shape index (κ3) is 16.2. The number of rotatable bonds is 4. The van der Waals surface area contributed by atoms with Gasteiger partial charge in [0.05, 0.1) is 6.10 Å². The van der Waals surface area contributed by atoms with Gasteiger partial charge in [0.15, 0.2) is 0 Å². The molecule has 4 aliphatic rings. The molecule has 174 valence electrons. The first-order valence-corrected chi connectivity index (χ1v) is 12.6. The van der Waals surface area contributed by atoms with Gasteiger partial charge < -0.3 is 19.3 Å². The normalized spacial score (nSPS) is 23.6. The van der Waals surface area contributed by atoms with Crippen molar-refractivity contribution in [3.05, 3.63) is 0 Å². The van der Waals surface area contributed by atoms with E-state index in [0.29, 0.717) is 6.10 Å². The standard InChI is InChI=1S/C7H15N.C7H14O.C6H13N.C5H10O/c1-2-8-6-4-3-5-7-8;1-8-7-5-3-2-4-6-7;1-7-5-3-2-4-6-7;1-6-4-5-2-3-5/h2-7H2,1H3;7H,2-6H2,1H3;2-6H2,1H3;5H,2-4H2,1H3. The summed E-state index contributed by atoms with van der Waals surface area (Å²) < 4.78 is 10.1. The summed E-state index contributed by atoms with van der Waals surface area (Å²) >= 11 is 0. The molecule has 4 rings (SSSR count). The molecule has 0 bridgehead atoms. The maximum atomic E-state index is 5.19. The van der Waals surface area contributed by atoms with E-state index < -0.39 is 0 Å². The molecule has 0 spiro atoms. The Balaban J connectivity index is 0.000000194. The Kier molecular flexibility index (Phi) is 17.2. The Hall–Kier alpha value is -0.160. The van der Waals surface area contributed by atoms with Crippen LogP contribution in [-0.2, 0) is 9.47 Å². The second kappa shape index (κ2) is 18.6. The molecule has 0 aromatic heterocycles. The van der Waals surface area contributed by atoms with Crippen LogP contribution in [0, 0.1) is 5.92 Å². The molecule has 2 aliphatic carbocycles. The van der Waals surface area contributed by atoms with Gasteiger partial charge in [-0.25, -0.2) is 0 Å². The Morgan fingerprint density at radius 1 is 0.690 bits per heavy atom. The van der Waals surface area contributed by atoms with Crippen LogP contribution in [0.2, 0.25) is 0 Å². The summed E-state index contributed by atoms with van der Waals surface area (Å²) in [6.45, 7) is 9.80. The van der Waals surface area contributed by atoms with E-state index in [9.17, 15) is 0 Å². The minimum atomic E-state index is 0.587. The van der Waals surface area contributed by atoms with E-state index in [1.807, 2.05) is 7.11 Å². The molecular weight excluding hydrogens is 360 g/mol. The highest BCUT2D eigenvalue weighted by molar-refractivity contribution is 4.71. The molecule has 0 aromatic carbocycles. The number of ether oxygens (including phenoxy) is 2. The van der Waals surface area contributed by atoms with Gasteiger partial charge in [-0.15, -0.1) is 0 Å². The van der Waals surface area contributed by atoms with Crippen molar-refractivity contribution in [3.8, 4) is 0 Å². The van der Waals surface area contributed by atoms with E-state index in [1.165, 1.54) is 116 Å². The maximum absolute atomic E-state index is 5.19. The number of piperidine rings is 2. The van der Waals surface area contributed by atoms with Crippen LogP contribution in [-0.4, -0.2) is 76.5 Å². The van der Waals surface area contributed by atoms with Crippen LogP contribution in [0.5, 0.6) is 0 Å². The molecule has 2 aliphatic heterocycles. The summed E-state index contributed by atoms with van der Waals surface area (Å²) in [4.78, 5) is 4.91. The minimum Gasteiger partial charge on any atom is -0.384 e. The highest BCUT2D eigenvalue weighted by atomic mass is 16.5.